The second-order valence-corrected chi connectivity index (χ2v) is 13.1. The highest BCUT2D eigenvalue weighted by atomic mass is 19.4. The summed E-state index contributed by atoms with van der Waals surface area (Å²) >= 11 is 0. The van der Waals surface area contributed by atoms with E-state index < -0.39 is 71.4 Å². The van der Waals surface area contributed by atoms with Gasteiger partial charge in [0.2, 0.25) is 11.8 Å². The Balaban J connectivity index is 1.69. The second kappa shape index (κ2) is 14.1. The summed E-state index contributed by atoms with van der Waals surface area (Å²) in [5, 5.41) is 32.4. The summed E-state index contributed by atoms with van der Waals surface area (Å²) in [4.78, 5) is 27.9. The first kappa shape index (κ1) is 37.2. The molecule has 2 aromatic rings. The number of carbonyl (C=O) groups is 2. The number of alkyl halides is 6. The van der Waals surface area contributed by atoms with Crippen molar-refractivity contribution in [2.24, 2.45) is 23.7 Å². The number of anilines is 1. The quantitative estimate of drug-likeness (QED) is 0.134. The number of fused-ring (bicyclic) bond motifs is 1. The molecule has 4 atom stereocenters. The zero-order valence-electron chi connectivity index (χ0n) is 27.5. The maximum atomic E-state index is 13.8. The SMILES string of the molecule is CCC/C(=C\c1cc(C)c(O)c(C)c1)CC[C@@H](O)C1=C(C(C)C)C[C@H]2C(=O)N(c3cc(C(F)(F)F)cc(C(F)(F)F)c3)C(=O)[C@H]2[C@H]1CO. The minimum absolute atomic E-state index is 0.0406. The number of amides is 2. The van der Waals surface area contributed by atoms with Crippen molar-refractivity contribution >= 4 is 23.6 Å². The lowest BCUT2D eigenvalue weighted by atomic mass is 9.66. The number of aromatic hydroxyl groups is 1. The Morgan fingerprint density at radius 3 is 1.98 bits per heavy atom. The van der Waals surface area contributed by atoms with Gasteiger partial charge in [-0.15, -0.1) is 0 Å². The fraction of sp³-hybridized carbons (Fsp3) is 0.500. The van der Waals surface area contributed by atoms with E-state index >= 15 is 0 Å². The van der Waals surface area contributed by atoms with Crippen molar-refractivity contribution in [3.63, 3.8) is 0 Å². The van der Waals surface area contributed by atoms with Crippen LogP contribution in [-0.2, 0) is 21.9 Å². The summed E-state index contributed by atoms with van der Waals surface area (Å²) < 4.78 is 81.7. The van der Waals surface area contributed by atoms with Crippen LogP contribution in [0.4, 0.5) is 32.0 Å². The lowest BCUT2D eigenvalue weighted by molar-refractivity contribution is -0.143. The number of benzene rings is 2. The average molecular weight is 682 g/mol. The second-order valence-electron chi connectivity index (χ2n) is 13.1. The normalized spacial score (nSPS) is 21.4. The Hall–Kier alpha value is -3.64. The van der Waals surface area contributed by atoms with Crippen molar-refractivity contribution in [2.75, 3.05) is 11.5 Å². The first-order valence-corrected chi connectivity index (χ1v) is 16.0. The van der Waals surface area contributed by atoms with E-state index in [0.29, 0.717) is 34.6 Å². The third-order valence-corrected chi connectivity index (χ3v) is 9.40. The number of aryl methyl sites for hydroxylation is 2. The molecule has 1 aliphatic carbocycles. The van der Waals surface area contributed by atoms with E-state index in [-0.39, 0.29) is 30.6 Å². The molecule has 0 bridgehead atoms. The number of allylic oxidation sites excluding steroid dienone is 2. The van der Waals surface area contributed by atoms with Crippen LogP contribution in [0.5, 0.6) is 5.75 Å². The predicted molar refractivity (Wildman–Crippen MR) is 169 cm³/mol. The summed E-state index contributed by atoms with van der Waals surface area (Å²) in [6.45, 7) is 8.57. The highest BCUT2D eigenvalue weighted by Gasteiger charge is 2.56. The minimum Gasteiger partial charge on any atom is -0.507 e. The lowest BCUT2D eigenvalue weighted by Gasteiger charge is -2.38. The molecule has 12 heteroatoms. The van der Waals surface area contributed by atoms with Gasteiger partial charge in [-0.25, -0.2) is 4.90 Å². The number of aliphatic hydroxyl groups is 2. The summed E-state index contributed by atoms with van der Waals surface area (Å²) in [5.74, 6) is -5.50. The molecule has 6 nitrogen and oxygen atoms in total. The molecule has 2 aromatic carbocycles. The largest absolute Gasteiger partial charge is 0.507 e. The number of nitrogens with zero attached hydrogens (tertiary/aromatic N) is 1. The number of imide groups is 1. The number of phenols is 1. The molecule has 1 saturated heterocycles. The van der Waals surface area contributed by atoms with Crippen LogP contribution in [0.15, 0.2) is 47.1 Å². The van der Waals surface area contributed by atoms with Crippen LogP contribution in [0.2, 0.25) is 0 Å². The highest BCUT2D eigenvalue weighted by molar-refractivity contribution is 6.22. The van der Waals surface area contributed by atoms with Crippen LogP contribution in [0.3, 0.4) is 0 Å². The van der Waals surface area contributed by atoms with E-state index in [0.717, 1.165) is 35.1 Å². The van der Waals surface area contributed by atoms with Crippen molar-refractivity contribution in [1.82, 2.24) is 0 Å². The molecule has 0 saturated carbocycles. The molecule has 0 unspecified atom stereocenters. The minimum atomic E-state index is -5.18. The summed E-state index contributed by atoms with van der Waals surface area (Å²) in [6, 6.07) is 4.33. The fourth-order valence-corrected chi connectivity index (χ4v) is 7.14. The van der Waals surface area contributed by atoms with Crippen molar-refractivity contribution in [3.05, 3.63) is 74.9 Å². The first-order chi connectivity index (χ1) is 22.3. The van der Waals surface area contributed by atoms with Gasteiger partial charge in [0.05, 0.1) is 41.4 Å². The highest BCUT2D eigenvalue weighted by Crippen LogP contribution is 2.50. The number of hydrogen-bond acceptors (Lipinski definition) is 5. The Morgan fingerprint density at radius 1 is 0.938 bits per heavy atom. The number of hydrogen-bond donors (Lipinski definition) is 3. The molecule has 0 aromatic heterocycles. The zero-order chi connectivity index (χ0) is 35.9. The van der Waals surface area contributed by atoms with Crippen LogP contribution < -0.4 is 4.90 Å². The number of phenolic OH excluding ortho intramolecular Hbond substituents is 1. The van der Waals surface area contributed by atoms with Crippen LogP contribution in [-0.4, -0.2) is 39.8 Å². The smallest absolute Gasteiger partial charge is 0.416 e. The van der Waals surface area contributed by atoms with Crippen molar-refractivity contribution in [3.8, 4) is 5.75 Å². The average Bonchev–Trinajstić information content (AvgIpc) is 3.25. The molecule has 0 radical (unpaired) electrons. The summed E-state index contributed by atoms with van der Waals surface area (Å²) in [5.41, 5.74) is 0.174. The molecule has 1 heterocycles. The van der Waals surface area contributed by atoms with Gasteiger partial charge in [-0.3, -0.25) is 9.59 Å². The van der Waals surface area contributed by atoms with E-state index in [2.05, 4.69) is 0 Å². The number of aliphatic hydroxyl groups excluding tert-OH is 2. The Morgan fingerprint density at radius 2 is 1.50 bits per heavy atom. The fourth-order valence-electron chi connectivity index (χ4n) is 7.14. The van der Waals surface area contributed by atoms with E-state index in [1.54, 1.807) is 13.8 Å². The van der Waals surface area contributed by atoms with Crippen molar-refractivity contribution in [2.45, 2.75) is 85.2 Å². The molecule has 1 aliphatic heterocycles. The maximum Gasteiger partial charge on any atom is 0.416 e. The van der Waals surface area contributed by atoms with E-state index in [1.165, 1.54) is 0 Å². The molecular formula is C36H41F6NO5. The van der Waals surface area contributed by atoms with Gasteiger partial charge in [0.25, 0.3) is 0 Å². The van der Waals surface area contributed by atoms with Gasteiger partial charge >= 0.3 is 12.4 Å². The molecule has 2 amide bonds. The van der Waals surface area contributed by atoms with Gasteiger partial charge in [0, 0.05) is 5.92 Å². The maximum absolute atomic E-state index is 13.8. The van der Waals surface area contributed by atoms with E-state index in [4.69, 9.17) is 0 Å². The first-order valence-electron chi connectivity index (χ1n) is 16.0. The lowest BCUT2D eigenvalue weighted by Crippen LogP contribution is -2.40. The molecular weight excluding hydrogens is 640 g/mol. The molecule has 2 aliphatic rings. The molecule has 3 N–H and O–H groups in total. The van der Waals surface area contributed by atoms with E-state index in [1.807, 2.05) is 39.0 Å². The Bertz CT molecular complexity index is 1570. The van der Waals surface area contributed by atoms with Gasteiger partial charge in [0.1, 0.15) is 5.75 Å². The Labute approximate surface area is 275 Å². The predicted octanol–water partition coefficient (Wildman–Crippen LogP) is 8.14. The standard InChI is InChI=1S/C36H41F6NO5/c1-6-7-21(12-22-10-19(4)32(46)20(5)11-22)8-9-29(45)30-26(18(2)3)16-27-31(28(30)17-44)34(48)43(33(27)47)25-14-23(35(37,38)39)13-24(15-25)36(40,41)42/h10-15,18,27-29,31,44-46H,6-9,16-17H2,1-5H3/b21-12+/t27-,28+,29-,31-/m1/s1. The third-order valence-electron chi connectivity index (χ3n) is 9.40. The number of halogens is 6. The van der Waals surface area contributed by atoms with Gasteiger partial charge in [-0.2, -0.15) is 26.3 Å². The summed E-state index contributed by atoms with van der Waals surface area (Å²) in [6.07, 6.45) is -7.38. The van der Waals surface area contributed by atoms with E-state index in [9.17, 15) is 51.3 Å². The third kappa shape index (κ3) is 7.49. The van der Waals surface area contributed by atoms with Gasteiger partial charge in [-0.05, 0) is 98.0 Å². The van der Waals surface area contributed by atoms with Gasteiger partial charge in [-0.1, -0.05) is 44.4 Å². The Kier molecular flexibility index (Phi) is 10.9. The van der Waals surface area contributed by atoms with Gasteiger partial charge < -0.3 is 15.3 Å². The van der Waals surface area contributed by atoms with Gasteiger partial charge in [0.15, 0.2) is 0 Å². The zero-order valence-corrected chi connectivity index (χ0v) is 27.5. The van der Waals surface area contributed by atoms with Crippen LogP contribution in [0.1, 0.15) is 80.7 Å². The summed E-state index contributed by atoms with van der Waals surface area (Å²) in [7, 11) is 0. The molecule has 48 heavy (non-hydrogen) atoms. The topological polar surface area (TPSA) is 98.1 Å². The molecule has 1 fully saturated rings. The van der Waals surface area contributed by atoms with Crippen molar-refractivity contribution in [1.29, 1.82) is 0 Å². The van der Waals surface area contributed by atoms with Crippen LogP contribution >= 0.6 is 0 Å². The van der Waals surface area contributed by atoms with Crippen LogP contribution in [0.25, 0.3) is 6.08 Å². The number of carbonyl (C=O) groups excluding carboxylic acids is 2. The molecule has 262 valence electrons. The molecule has 4 rings (SSSR count). The van der Waals surface area contributed by atoms with Crippen molar-refractivity contribution < 1.29 is 51.3 Å². The number of rotatable bonds is 10. The molecule has 0 spiro atoms. The van der Waals surface area contributed by atoms with Crippen LogP contribution in [0, 0.1) is 37.5 Å². The monoisotopic (exact) mass is 681 g/mol.